The summed E-state index contributed by atoms with van der Waals surface area (Å²) in [5.41, 5.74) is -1.11. The molecule has 0 aromatic heterocycles. The van der Waals surface area contributed by atoms with Crippen molar-refractivity contribution in [2.24, 2.45) is 5.92 Å². The van der Waals surface area contributed by atoms with Gasteiger partial charge in [-0.1, -0.05) is 0 Å². The summed E-state index contributed by atoms with van der Waals surface area (Å²) in [5.74, 6) is 0.482. The molecule has 0 saturated carbocycles. The van der Waals surface area contributed by atoms with Crippen LogP contribution >= 0.6 is 0 Å². The predicted octanol–water partition coefficient (Wildman–Crippen LogP) is 0.380. The van der Waals surface area contributed by atoms with Crippen LogP contribution in [0.15, 0.2) is 0 Å². The first kappa shape index (κ1) is 8.20. The van der Waals surface area contributed by atoms with E-state index in [1.165, 1.54) is 6.92 Å². The standard InChI is InChI=1S/C9H15NO2/c1-7(11)9(12)6-8-2-4-10(9)5-3-8/h8,12H,2-6H2,1H3. The smallest absolute Gasteiger partial charge is 0.178 e. The molecule has 0 aliphatic carbocycles. The van der Waals surface area contributed by atoms with Crippen molar-refractivity contribution >= 4 is 5.78 Å². The zero-order valence-corrected chi connectivity index (χ0v) is 7.42. The lowest BCUT2D eigenvalue weighted by Gasteiger charge is -2.49. The number of nitrogens with zero attached hydrogens (tertiary/aromatic N) is 1. The number of aliphatic hydroxyl groups is 1. The summed E-state index contributed by atoms with van der Waals surface area (Å²) in [5, 5.41) is 10.0. The largest absolute Gasteiger partial charge is 0.369 e. The molecular formula is C9H15NO2. The summed E-state index contributed by atoms with van der Waals surface area (Å²) < 4.78 is 0. The Morgan fingerprint density at radius 2 is 2.08 bits per heavy atom. The molecule has 1 N–H and O–H groups in total. The van der Waals surface area contributed by atoms with Crippen molar-refractivity contribution in [3.63, 3.8) is 0 Å². The van der Waals surface area contributed by atoms with Gasteiger partial charge >= 0.3 is 0 Å². The van der Waals surface area contributed by atoms with Crippen molar-refractivity contribution in [2.45, 2.75) is 31.9 Å². The van der Waals surface area contributed by atoms with Gasteiger partial charge in [0.15, 0.2) is 11.5 Å². The van der Waals surface area contributed by atoms with Gasteiger partial charge in [-0.15, -0.1) is 0 Å². The molecule has 2 bridgehead atoms. The van der Waals surface area contributed by atoms with Crippen LogP contribution in [0.4, 0.5) is 0 Å². The number of rotatable bonds is 1. The molecule has 0 aromatic rings. The van der Waals surface area contributed by atoms with E-state index in [1.54, 1.807) is 0 Å². The van der Waals surface area contributed by atoms with Crippen LogP contribution in [-0.2, 0) is 4.79 Å². The third-order valence-electron chi connectivity index (χ3n) is 3.27. The first-order valence-electron chi connectivity index (χ1n) is 4.61. The molecule has 1 unspecified atom stereocenters. The molecule has 0 spiro atoms. The highest BCUT2D eigenvalue weighted by atomic mass is 16.3. The van der Waals surface area contributed by atoms with E-state index >= 15 is 0 Å². The van der Waals surface area contributed by atoms with Crippen LogP contribution in [-0.4, -0.2) is 34.6 Å². The molecule has 68 valence electrons. The van der Waals surface area contributed by atoms with Crippen LogP contribution in [0.1, 0.15) is 26.2 Å². The Hall–Kier alpha value is -0.410. The maximum absolute atomic E-state index is 11.2. The molecule has 3 heterocycles. The Labute approximate surface area is 72.4 Å². The maximum atomic E-state index is 11.2. The van der Waals surface area contributed by atoms with Gasteiger partial charge in [0, 0.05) is 19.5 Å². The third kappa shape index (κ3) is 1.00. The molecule has 3 rings (SSSR count). The van der Waals surface area contributed by atoms with Gasteiger partial charge in [0.1, 0.15) is 0 Å². The van der Waals surface area contributed by atoms with Gasteiger partial charge in [-0.25, -0.2) is 0 Å². The fraction of sp³-hybridized carbons (Fsp3) is 0.889. The zero-order valence-electron chi connectivity index (χ0n) is 7.42. The zero-order chi connectivity index (χ0) is 8.77. The third-order valence-corrected chi connectivity index (χ3v) is 3.27. The second-order valence-electron chi connectivity index (χ2n) is 4.01. The number of fused-ring (bicyclic) bond motifs is 3. The maximum Gasteiger partial charge on any atom is 0.178 e. The van der Waals surface area contributed by atoms with Crippen LogP contribution < -0.4 is 0 Å². The van der Waals surface area contributed by atoms with Gasteiger partial charge in [-0.2, -0.15) is 0 Å². The van der Waals surface area contributed by atoms with Gasteiger partial charge in [0.2, 0.25) is 0 Å². The van der Waals surface area contributed by atoms with Crippen LogP contribution in [0.5, 0.6) is 0 Å². The molecule has 3 aliphatic rings. The van der Waals surface area contributed by atoms with Gasteiger partial charge in [-0.3, -0.25) is 9.69 Å². The normalized spacial score (nSPS) is 46.2. The Balaban J connectivity index is 2.22. The Morgan fingerprint density at radius 3 is 2.33 bits per heavy atom. The van der Waals surface area contributed by atoms with E-state index in [9.17, 15) is 9.90 Å². The fourth-order valence-corrected chi connectivity index (χ4v) is 2.41. The summed E-state index contributed by atoms with van der Waals surface area (Å²) in [4.78, 5) is 13.1. The minimum Gasteiger partial charge on any atom is -0.369 e. The van der Waals surface area contributed by atoms with E-state index in [0.29, 0.717) is 12.3 Å². The molecule has 12 heavy (non-hydrogen) atoms. The van der Waals surface area contributed by atoms with E-state index in [-0.39, 0.29) is 5.78 Å². The quantitative estimate of drug-likeness (QED) is 0.617. The second kappa shape index (κ2) is 2.54. The lowest BCUT2D eigenvalue weighted by molar-refractivity contribution is -0.184. The van der Waals surface area contributed by atoms with E-state index in [4.69, 9.17) is 0 Å². The number of Topliss-reactive ketones (excluding diaryl/α,β-unsaturated/α-hetero) is 1. The number of hydrogen-bond acceptors (Lipinski definition) is 3. The monoisotopic (exact) mass is 169 g/mol. The number of carbonyl (C=O) groups excluding carboxylic acids is 1. The Kier molecular flexibility index (Phi) is 1.73. The van der Waals surface area contributed by atoms with Gasteiger partial charge < -0.3 is 5.11 Å². The summed E-state index contributed by atoms with van der Waals surface area (Å²) >= 11 is 0. The van der Waals surface area contributed by atoms with Crippen LogP contribution in [0.3, 0.4) is 0 Å². The molecular weight excluding hydrogens is 154 g/mol. The summed E-state index contributed by atoms with van der Waals surface area (Å²) in [6, 6.07) is 0. The fourth-order valence-electron chi connectivity index (χ4n) is 2.41. The Morgan fingerprint density at radius 1 is 1.50 bits per heavy atom. The van der Waals surface area contributed by atoms with Crippen LogP contribution in [0, 0.1) is 5.92 Å². The van der Waals surface area contributed by atoms with Gasteiger partial charge in [0.25, 0.3) is 0 Å². The molecule has 3 saturated heterocycles. The van der Waals surface area contributed by atoms with Crippen molar-refractivity contribution in [1.29, 1.82) is 0 Å². The first-order chi connectivity index (χ1) is 5.63. The second-order valence-corrected chi connectivity index (χ2v) is 4.01. The van der Waals surface area contributed by atoms with Crippen molar-refractivity contribution in [3.8, 4) is 0 Å². The summed E-state index contributed by atoms with van der Waals surface area (Å²) in [6.45, 7) is 3.27. The lowest BCUT2D eigenvalue weighted by Crippen LogP contribution is -2.62. The molecule has 1 atom stereocenters. The summed E-state index contributed by atoms with van der Waals surface area (Å²) in [7, 11) is 0. The van der Waals surface area contributed by atoms with Gasteiger partial charge in [-0.05, 0) is 25.7 Å². The molecule has 3 nitrogen and oxygen atoms in total. The summed E-state index contributed by atoms with van der Waals surface area (Å²) in [6.07, 6.45) is 2.95. The number of carbonyl (C=O) groups is 1. The minimum absolute atomic E-state index is 0.0908. The SMILES string of the molecule is CC(=O)C1(O)CC2CCN1CC2. The minimum atomic E-state index is -1.11. The molecule has 3 fully saturated rings. The predicted molar refractivity (Wildman–Crippen MR) is 44.5 cm³/mol. The van der Waals surface area contributed by atoms with E-state index in [1.807, 2.05) is 4.90 Å². The molecule has 3 heteroatoms. The highest BCUT2D eigenvalue weighted by molar-refractivity contribution is 5.84. The number of hydrogen-bond donors (Lipinski definition) is 1. The van der Waals surface area contributed by atoms with E-state index in [2.05, 4.69) is 0 Å². The van der Waals surface area contributed by atoms with Crippen molar-refractivity contribution in [3.05, 3.63) is 0 Å². The Bertz CT molecular complexity index is 209. The molecule has 0 amide bonds. The molecule has 3 aliphatic heterocycles. The van der Waals surface area contributed by atoms with E-state index in [0.717, 1.165) is 25.9 Å². The molecule has 0 aromatic carbocycles. The van der Waals surface area contributed by atoms with Gasteiger partial charge in [0.05, 0.1) is 0 Å². The average Bonchev–Trinajstić information content (AvgIpc) is 2.05. The topological polar surface area (TPSA) is 40.5 Å². The van der Waals surface area contributed by atoms with Crippen molar-refractivity contribution < 1.29 is 9.90 Å². The van der Waals surface area contributed by atoms with Crippen LogP contribution in [0.2, 0.25) is 0 Å². The number of piperidine rings is 3. The average molecular weight is 169 g/mol. The molecule has 0 radical (unpaired) electrons. The lowest BCUT2D eigenvalue weighted by atomic mass is 9.79. The highest BCUT2D eigenvalue weighted by Crippen LogP contribution is 2.37. The van der Waals surface area contributed by atoms with Crippen LogP contribution in [0.25, 0.3) is 0 Å². The van der Waals surface area contributed by atoms with Crippen molar-refractivity contribution in [1.82, 2.24) is 4.90 Å². The van der Waals surface area contributed by atoms with E-state index < -0.39 is 5.72 Å². The first-order valence-corrected chi connectivity index (χ1v) is 4.61. The number of ketones is 1. The van der Waals surface area contributed by atoms with Crippen molar-refractivity contribution in [2.75, 3.05) is 13.1 Å². The highest BCUT2D eigenvalue weighted by Gasteiger charge is 2.47.